The van der Waals surface area contributed by atoms with E-state index >= 15 is 0 Å². The van der Waals surface area contributed by atoms with Crippen LogP contribution >= 0.6 is 0 Å². The van der Waals surface area contributed by atoms with Gasteiger partial charge < -0.3 is 9.64 Å². The summed E-state index contributed by atoms with van der Waals surface area (Å²) in [5, 5.41) is 0. The van der Waals surface area contributed by atoms with Crippen LogP contribution in [-0.4, -0.2) is 54.5 Å². The molecule has 2 aliphatic carbocycles. The lowest BCUT2D eigenvalue weighted by Crippen LogP contribution is -2.47. The molecule has 2 saturated carbocycles. The number of likely N-dealkylation sites (tertiary alicyclic amines) is 1. The number of terminal acetylenes is 1. The second kappa shape index (κ2) is 14.6. The molecule has 6 atom stereocenters. The number of carbonyl (C=O) groups excluding carboxylic acids is 4. The predicted molar refractivity (Wildman–Crippen MR) is 157 cm³/mol. The molecule has 0 spiro atoms. The fourth-order valence-corrected chi connectivity index (χ4v) is 7.10. The molecule has 0 N–H and O–H groups in total. The SMILES string of the molecule is C#CC(=O)C/C=C/[C@H](C(=O)N1CCC[C@H]1C(=O)CC(C)C(CCC1CCC1)CC(=O)COC)C(C)(C)C1CC1C. The predicted octanol–water partition coefficient (Wildman–Crippen LogP) is 5.82. The van der Waals surface area contributed by atoms with Gasteiger partial charge in [0.25, 0.3) is 0 Å². The van der Waals surface area contributed by atoms with Crippen LogP contribution in [-0.2, 0) is 23.9 Å². The zero-order chi connectivity index (χ0) is 29.4. The number of allylic oxidation sites excluding steroid dienone is 1. The average Bonchev–Trinajstić information content (AvgIpc) is 3.42. The van der Waals surface area contributed by atoms with Crippen LogP contribution in [0.25, 0.3) is 0 Å². The number of ketones is 3. The summed E-state index contributed by atoms with van der Waals surface area (Å²) >= 11 is 0. The highest BCUT2D eigenvalue weighted by molar-refractivity contribution is 5.96. The largest absolute Gasteiger partial charge is 0.377 e. The lowest BCUT2D eigenvalue weighted by atomic mass is 9.72. The van der Waals surface area contributed by atoms with Gasteiger partial charge in [-0.1, -0.05) is 65.5 Å². The van der Waals surface area contributed by atoms with Crippen LogP contribution in [0.5, 0.6) is 0 Å². The number of carbonyl (C=O) groups is 4. The number of methoxy groups -OCH3 is 1. The number of Topliss-reactive ketones (excluding diaryl/α,β-unsaturated/α-hetero) is 3. The summed E-state index contributed by atoms with van der Waals surface area (Å²) in [5.74, 6) is 3.54. The second-order valence-electron chi connectivity index (χ2n) is 13.5. The molecule has 0 aromatic rings. The van der Waals surface area contributed by atoms with E-state index in [4.69, 9.17) is 11.2 Å². The van der Waals surface area contributed by atoms with Gasteiger partial charge >= 0.3 is 0 Å². The summed E-state index contributed by atoms with van der Waals surface area (Å²) in [4.78, 5) is 53.8. The van der Waals surface area contributed by atoms with Crippen molar-refractivity contribution >= 4 is 23.3 Å². The number of ether oxygens (including phenoxy) is 1. The molecule has 40 heavy (non-hydrogen) atoms. The van der Waals surface area contributed by atoms with Crippen molar-refractivity contribution in [2.45, 2.75) is 104 Å². The number of amides is 1. The number of hydrogen-bond acceptors (Lipinski definition) is 5. The van der Waals surface area contributed by atoms with E-state index in [2.05, 4.69) is 33.6 Å². The molecular formula is C34H51NO5. The Morgan fingerprint density at radius 1 is 1.12 bits per heavy atom. The summed E-state index contributed by atoms with van der Waals surface area (Å²) < 4.78 is 5.08. The molecule has 1 aliphatic heterocycles. The van der Waals surface area contributed by atoms with Gasteiger partial charge in [-0.2, -0.15) is 0 Å². The van der Waals surface area contributed by atoms with Gasteiger partial charge in [-0.25, -0.2) is 0 Å². The molecule has 222 valence electrons. The Morgan fingerprint density at radius 3 is 2.40 bits per heavy atom. The maximum atomic E-state index is 14.1. The Hall–Kier alpha value is -2.26. The third-order valence-electron chi connectivity index (χ3n) is 10.1. The van der Waals surface area contributed by atoms with E-state index in [0.29, 0.717) is 37.6 Å². The van der Waals surface area contributed by atoms with Crippen molar-refractivity contribution in [3.05, 3.63) is 12.2 Å². The Bertz CT molecular complexity index is 987. The lowest BCUT2D eigenvalue weighted by molar-refractivity contribution is -0.143. The Kier molecular flexibility index (Phi) is 11.8. The van der Waals surface area contributed by atoms with Crippen LogP contribution in [0.4, 0.5) is 0 Å². The smallest absolute Gasteiger partial charge is 0.230 e. The molecule has 1 saturated heterocycles. The van der Waals surface area contributed by atoms with E-state index in [9.17, 15) is 19.2 Å². The van der Waals surface area contributed by atoms with Gasteiger partial charge in [0.2, 0.25) is 11.7 Å². The number of hydrogen-bond donors (Lipinski definition) is 0. The van der Waals surface area contributed by atoms with E-state index in [1.54, 1.807) is 18.1 Å². The highest BCUT2D eigenvalue weighted by atomic mass is 16.5. The molecule has 3 aliphatic rings. The fraction of sp³-hybridized carbons (Fsp3) is 0.765. The van der Waals surface area contributed by atoms with Crippen LogP contribution in [0.3, 0.4) is 0 Å². The van der Waals surface area contributed by atoms with Crippen molar-refractivity contribution in [1.29, 1.82) is 0 Å². The minimum atomic E-state index is -0.424. The van der Waals surface area contributed by atoms with Gasteiger partial charge in [0.15, 0.2) is 11.6 Å². The Labute approximate surface area is 242 Å². The molecule has 6 nitrogen and oxygen atoms in total. The van der Waals surface area contributed by atoms with E-state index in [-0.39, 0.29) is 53.5 Å². The van der Waals surface area contributed by atoms with Crippen molar-refractivity contribution in [3.8, 4) is 12.3 Å². The molecule has 0 aromatic heterocycles. The Balaban J connectivity index is 1.71. The van der Waals surface area contributed by atoms with E-state index in [0.717, 1.165) is 31.6 Å². The maximum absolute atomic E-state index is 14.1. The van der Waals surface area contributed by atoms with Crippen LogP contribution in [0.1, 0.15) is 98.3 Å². The molecule has 3 fully saturated rings. The van der Waals surface area contributed by atoms with Gasteiger partial charge in [0.1, 0.15) is 6.61 Å². The molecule has 0 radical (unpaired) electrons. The first-order valence-electron chi connectivity index (χ1n) is 15.5. The van der Waals surface area contributed by atoms with Gasteiger partial charge in [-0.15, -0.1) is 6.42 Å². The van der Waals surface area contributed by atoms with Crippen molar-refractivity contribution < 1.29 is 23.9 Å². The van der Waals surface area contributed by atoms with E-state index in [1.165, 1.54) is 19.3 Å². The summed E-state index contributed by atoms with van der Waals surface area (Å²) in [6.07, 6.45) is 18.2. The van der Waals surface area contributed by atoms with E-state index < -0.39 is 12.0 Å². The third-order valence-corrected chi connectivity index (χ3v) is 10.1. The third kappa shape index (κ3) is 8.38. The van der Waals surface area contributed by atoms with Crippen molar-refractivity contribution in [1.82, 2.24) is 4.90 Å². The molecule has 0 bridgehead atoms. The first-order chi connectivity index (χ1) is 19.0. The van der Waals surface area contributed by atoms with Crippen molar-refractivity contribution in [2.24, 2.45) is 40.9 Å². The summed E-state index contributed by atoms with van der Waals surface area (Å²) in [7, 11) is 1.54. The normalized spacial score (nSPS) is 25.2. The van der Waals surface area contributed by atoms with Crippen LogP contribution < -0.4 is 0 Å². The standard InChI is InChI=1S/C34H51NO5/c1-7-27(36)13-9-14-29(34(4,5)30-19-24(30)3)33(39)35-18-10-15-31(35)32(38)20-23(2)26(21-28(37)22-40-6)17-16-25-11-8-12-25/h1,9,14,23-26,29-31H,8,10-13,15-22H2,2-6H3/b14-9+/t23?,24?,26?,29-,30?,31+/m1/s1. The molecule has 1 amide bonds. The fourth-order valence-electron chi connectivity index (χ4n) is 7.10. The van der Waals surface area contributed by atoms with Crippen LogP contribution in [0, 0.1) is 53.3 Å². The number of rotatable bonds is 17. The van der Waals surface area contributed by atoms with Gasteiger partial charge in [-0.05, 0) is 66.6 Å². The zero-order valence-electron chi connectivity index (χ0n) is 25.5. The topological polar surface area (TPSA) is 80.8 Å². The zero-order valence-corrected chi connectivity index (χ0v) is 25.5. The minimum absolute atomic E-state index is 0.0196. The molecular weight excluding hydrogens is 502 g/mol. The molecule has 3 rings (SSSR count). The first-order valence-corrected chi connectivity index (χ1v) is 15.5. The van der Waals surface area contributed by atoms with Gasteiger partial charge in [-0.3, -0.25) is 19.2 Å². The summed E-state index contributed by atoms with van der Waals surface area (Å²) in [6.45, 7) is 9.26. The summed E-state index contributed by atoms with van der Waals surface area (Å²) in [5.41, 5.74) is -0.288. The monoisotopic (exact) mass is 553 g/mol. The van der Waals surface area contributed by atoms with E-state index in [1.807, 2.05) is 6.08 Å². The molecule has 6 heteroatoms. The minimum Gasteiger partial charge on any atom is -0.377 e. The van der Waals surface area contributed by atoms with Gasteiger partial charge in [0.05, 0.1) is 12.0 Å². The number of nitrogens with zero attached hydrogens (tertiary/aromatic N) is 1. The second-order valence-corrected chi connectivity index (χ2v) is 13.5. The van der Waals surface area contributed by atoms with Crippen molar-refractivity contribution in [2.75, 3.05) is 20.3 Å². The van der Waals surface area contributed by atoms with Crippen LogP contribution in [0.15, 0.2) is 12.2 Å². The quantitative estimate of drug-likeness (QED) is 0.129. The summed E-state index contributed by atoms with van der Waals surface area (Å²) in [6, 6.07) is -0.424. The Morgan fingerprint density at radius 2 is 1.82 bits per heavy atom. The van der Waals surface area contributed by atoms with Crippen molar-refractivity contribution in [3.63, 3.8) is 0 Å². The lowest BCUT2D eigenvalue weighted by Gasteiger charge is -2.37. The molecule has 1 heterocycles. The highest BCUT2D eigenvalue weighted by Crippen LogP contribution is 2.55. The van der Waals surface area contributed by atoms with Gasteiger partial charge in [0, 0.05) is 32.9 Å². The highest BCUT2D eigenvalue weighted by Gasteiger charge is 2.51. The average molecular weight is 554 g/mol. The molecule has 0 aromatic carbocycles. The molecule has 4 unspecified atom stereocenters. The first kappa shape index (κ1) is 32.3. The van der Waals surface area contributed by atoms with Crippen LogP contribution in [0.2, 0.25) is 0 Å². The maximum Gasteiger partial charge on any atom is 0.230 e.